The van der Waals surface area contributed by atoms with E-state index in [1.807, 2.05) is 36.4 Å². The van der Waals surface area contributed by atoms with E-state index in [9.17, 15) is 4.79 Å². The van der Waals surface area contributed by atoms with E-state index < -0.39 is 0 Å². The molecule has 0 heterocycles. The number of thioether (sulfide) groups is 1. The van der Waals surface area contributed by atoms with E-state index in [1.54, 1.807) is 45.0 Å². The van der Waals surface area contributed by atoms with Crippen LogP contribution in [0.4, 0.5) is 5.69 Å². The Bertz CT molecular complexity index is 1050. The number of methoxy groups -OCH3 is 2. The predicted molar refractivity (Wildman–Crippen MR) is 158 cm³/mol. The van der Waals surface area contributed by atoms with Gasteiger partial charge in [0.05, 0.1) is 32.1 Å². The minimum atomic E-state index is -0.327. The third kappa shape index (κ3) is 8.74. The lowest BCUT2D eigenvalue weighted by Crippen LogP contribution is -2.28. The van der Waals surface area contributed by atoms with Gasteiger partial charge in [0.1, 0.15) is 11.5 Å². The summed E-state index contributed by atoms with van der Waals surface area (Å²) in [4.78, 5) is 19.2. The van der Waals surface area contributed by atoms with Crippen molar-refractivity contribution < 1.29 is 19.0 Å². The van der Waals surface area contributed by atoms with Gasteiger partial charge in [-0.2, -0.15) is 0 Å². The van der Waals surface area contributed by atoms with Crippen LogP contribution in [0.1, 0.15) is 35.3 Å². The number of ether oxygens (including phenoxy) is 3. The summed E-state index contributed by atoms with van der Waals surface area (Å²) in [5, 5.41) is 0.906. The van der Waals surface area contributed by atoms with Gasteiger partial charge in [-0.25, -0.2) is 9.79 Å². The molecule has 0 aliphatic heterocycles. The van der Waals surface area contributed by atoms with Crippen LogP contribution in [0, 0.1) is 0 Å². The van der Waals surface area contributed by atoms with Crippen LogP contribution in [-0.2, 0) is 17.8 Å². The van der Waals surface area contributed by atoms with Crippen LogP contribution in [0.15, 0.2) is 77.8 Å². The van der Waals surface area contributed by atoms with Crippen molar-refractivity contribution >= 4 is 52.6 Å². The maximum Gasteiger partial charge on any atom is 0.338 e. The first kappa shape index (κ1) is 29.5. The first-order chi connectivity index (χ1) is 17.1. The number of esters is 1. The van der Waals surface area contributed by atoms with E-state index in [0.717, 1.165) is 39.2 Å². The van der Waals surface area contributed by atoms with Crippen molar-refractivity contribution in [1.29, 1.82) is 0 Å². The minimum Gasteiger partial charge on any atom is -0.497 e. The Morgan fingerprint density at radius 2 is 1.31 bits per heavy atom. The molecule has 0 atom stereocenters. The van der Waals surface area contributed by atoms with Crippen molar-refractivity contribution in [3.63, 3.8) is 0 Å². The molecule has 0 aliphatic rings. The molecule has 0 saturated carbocycles. The number of hydrogen-bond acceptors (Lipinski definition) is 6. The Hall–Kier alpha value is -2.72. The Labute approximate surface area is 235 Å². The molecule has 0 unspecified atom stereocenters. The molecule has 3 rings (SSSR count). The highest BCUT2D eigenvalue weighted by molar-refractivity contribution is 14.0. The van der Waals surface area contributed by atoms with Crippen molar-refractivity contribution in [2.75, 3.05) is 26.6 Å². The third-order valence-electron chi connectivity index (χ3n) is 5.21. The van der Waals surface area contributed by atoms with Gasteiger partial charge in [0.15, 0.2) is 5.17 Å². The molecule has 0 aliphatic carbocycles. The zero-order valence-electron chi connectivity index (χ0n) is 21.1. The standard InChI is InChI=1S/C28H32N2O4S.HI/c1-5-34-27(31)23-11-13-24(14-12-23)29-28(35-6-2)30(19-21-7-15-25(32-3)16-8-21)20-22-9-17-26(33-4)18-10-22;/h7-18H,5-6,19-20H2,1-4H3;1H. The number of nitrogens with zero attached hydrogens (tertiary/aromatic N) is 2. The van der Waals surface area contributed by atoms with Gasteiger partial charge in [-0.3, -0.25) is 0 Å². The van der Waals surface area contributed by atoms with E-state index in [2.05, 4.69) is 36.1 Å². The lowest BCUT2D eigenvalue weighted by atomic mass is 10.1. The predicted octanol–water partition coefficient (Wildman–Crippen LogP) is 6.94. The number of amidine groups is 1. The van der Waals surface area contributed by atoms with Crippen LogP contribution in [0.2, 0.25) is 0 Å². The van der Waals surface area contributed by atoms with Crippen LogP contribution in [-0.4, -0.2) is 42.6 Å². The average Bonchev–Trinajstić information content (AvgIpc) is 2.89. The SMILES string of the molecule is CCOC(=O)c1ccc(N=C(SCC)N(Cc2ccc(OC)cc2)Cc2ccc(OC)cc2)cc1.I. The van der Waals surface area contributed by atoms with Crippen molar-refractivity contribution in [1.82, 2.24) is 4.90 Å². The molecule has 0 bridgehead atoms. The van der Waals surface area contributed by atoms with Crippen LogP contribution < -0.4 is 9.47 Å². The van der Waals surface area contributed by atoms with Gasteiger partial charge in [0.25, 0.3) is 0 Å². The fourth-order valence-corrected chi connectivity index (χ4v) is 4.15. The lowest BCUT2D eigenvalue weighted by Gasteiger charge is -2.26. The molecule has 0 fully saturated rings. The summed E-state index contributed by atoms with van der Waals surface area (Å²) in [6.07, 6.45) is 0. The average molecular weight is 621 g/mol. The zero-order valence-corrected chi connectivity index (χ0v) is 24.2. The molecule has 36 heavy (non-hydrogen) atoms. The highest BCUT2D eigenvalue weighted by atomic mass is 127. The second kappa shape index (κ2) is 15.4. The summed E-state index contributed by atoms with van der Waals surface area (Å²) in [5.41, 5.74) is 3.61. The molecular formula is C28H33IN2O4S. The number of carbonyl (C=O) groups excluding carboxylic acids is 1. The fourth-order valence-electron chi connectivity index (χ4n) is 3.41. The summed E-state index contributed by atoms with van der Waals surface area (Å²) >= 11 is 1.69. The smallest absolute Gasteiger partial charge is 0.338 e. The number of aliphatic imine (C=N–C) groups is 1. The normalized spacial score (nSPS) is 10.8. The summed E-state index contributed by atoms with van der Waals surface area (Å²) in [7, 11) is 3.34. The molecule has 0 N–H and O–H groups in total. The maximum absolute atomic E-state index is 12.0. The molecule has 3 aromatic rings. The van der Waals surface area contributed by atoms with Crippen LogP contribution in [0.3, 0.4) is 0 Å². The fraction of sp³-hybridized carbons (Fsp3) is 0.286. The molecule has 3 aromatic carbocycles. The molecule has 0 spiro atoms. The number of halogens is 1. The van der Waals surface area contributed by atoms with E-state index in [4.69, 9.17) is 19.2 Å². The molecular weight excluding hydrogens is 587 g/mol. The molecule has 6 nitrogen and oxygen atoms in total. The zero-order chi connectivity index (χ0) is 25.0. The van der Waals surface area contributed by atoms with E-state index in [1.165, 1.54) is 0 Å². The van der Waals surface area contributed by atoms with Gasteiger partial charge in [-0.05, 0) is 72.3 Å². The highest BCUT2D eigenvalue weighted by Crippen LogP contribution is 2.24. The van der Waals surface area contributed by atoms with Gasteiger partial charge in [0.2, 0.25) is 0 Å². The molecule has 0 amide bonds. The summed E-state index contributed by atoms with van der Waals surface area (Å²) in [6, 6.07) is 23.4. The number of rotatable bonds is 10. The van der Waals surface area contributed by atoms with Gasteiger partial charge < -0.3 is 19.1 Å². The molecule has 192 valence electrons. The Balaban J connectivity index is 0.00000456. The molecule has 0 saturated heterocycles. The minimum absolute atomic E-state index is 0. The van der Waals surface area contributed by atoms with E-state index in [-0.39, 0.29) is 29.9 Å². The highest BCUT2D eigenvalue weighted by Gasteiger charge is 2.15. The Kier molecular flexibility index (Phi) is 12.6. The van der Waals surface area contributed by atoms with Crippen LogP contribution in [0.25, 0.3) is 0 Å². The van der Waals surface area contributed by atoms with Gasteiger partial charge in [-0.1, -0.05) is 43.0 Å². The topological polar surface area (TPSA) is 60.4 Å². The van der Waals surface area contributed by atoms with Crippen LogP contribution in [0.5, 0.6) is 11.5 Å². The largest absolute Gasteiger partial charge is 0.497 e. The molecule has 0 aromatic heterocycles. The second-order valence-corrected chi connectivity index (χ2v) is 8.88. The first-order valence-corrected chi connectivity index (χ1v) is 12.5. The second-order valence-electron chi connectivity index (χ2n) is 7.65. The summed E-state index contributed by atoms with van der Waals surface area (Å²) < 4.78 is 15.7. The number of hydrogen-bond donors (Lipinski definition) is 0. The van der Waals surface area contributed by atoms with Gasteiger partial charge >= 0.3 is 5.97 Å². The third-order valence-corrected chi connectivity index (χ3v) is 6.11. The number of carbonyl (C=O) groups is 1. The lowest BCUT2D eigenvalue weighted by molar-refractivity contribution is 0.0526. The Morgan fingerprint density at radius 1 is 0.806 bits per heavy atom. The van der Waals surface area contributed by atoms with Gasteiger partial charge in [0, 0.05) is 13.1 Å². The molecule has 0 radical (unpaired) electrons. The van der Waals surface area contributed by atoms with Crippen molar-refractivity contribution in [2.24, 2.45) is 4.99 Å². The van der Waals surface area contributed by atoms with Crippen molar-refractivity contribution in [3.8, 4) is 11.5 Å². The van der Waals surface area contributed by atoms with E-state index >= 15 is 0 Å². The quantitative estimate of drug-likeness (QED) is 0.106. The van der Waals surface area contributed by atoms with E-state index in [0.29, 0.717) is 25.3 Å². The monoisotopic (exact) mass is 620 g/mol. The van der Waals surface area contributed by atoms with Crippen molar-refractivity contribution in [3.05, 3.63) is 89.5 Å². The number of benzene rings is 3. The maximum atomic E-state index is 12.0. The molecule has 8 heteroatoms. The van der Waals surface area contributed by atoms with Gasteiger partial charge in [-0.15, -0.1) is 24.0 Å². The first-order valence-electron chi connectivity index (χ1n) is 11.6. The van der Waals surface area contributed by atoms with Crippen molar-refractivity contribution in [2.45, 2.75) is 26.9 Å². The summed E-state index contributed by atoms with van der Waals surface area (Å²) in [6.45, 7) is 5.63. The van der Waals surface area contributed by atoms with Crippen LogP contribution >= 0.6 is 35.7 Å². The Morgan fingerprint density at radius 3 is 1.72 bits per heavy atom. The summed E-state index contributed by atoms with van der Waals surface area (Å²) in [5.74, 6) is 2.20.